The van der Waals surface area contributed by atoms with Gasteiger partial charge in [-0.05, 0) is 36.8 Å². The maximum atomic E-state index is 6.03. The molecule has 0 fully saturated rings. The largest absolute Gasteiger partial charge is 0.493 e. The molecule has 24 heavy (non-hydrogen) atoms. The van der Waals surface area contributed by atoms with E-state index in [0.717, 1.165) is 5.56 Å². The molecule has 0 saturated heterocycles. The fourth-order valence-electron chi connectivity index (χ4n) is 2.01. The van der Waals surface area contributed by atoms with Crippen LogP contribution in [-0.4, -0.2) is 33.5 Å². The molecular formula is C18H20Cl2O4. The van der Waals surface area contributed by atoms with Crippen molar-refractivity contribution in [3.05, 3.63) is 52.0 Å². The molecule has 0 atom stereocenters. The fourth-order valence-corrected chi connectivity index (χ4v) is 2.36. The van der Waals surface area contributed by atoms with Crippen LogP contribution in [0.15, 0.2) is 36.4 Å². The number of benzene rings is 2. The molecule has 0 bridgehead atoms. The van der Waals surface area contributed by atoms with Gasteiger partial charge in [0.2, 0.25) is 0 Å². The van der Waals surface area contributed by atoms with Gasteiger partial charge < -0.3 is 18.9 Å². The molecule has 0 amide bonds. The van der Waals surface area contributed by atoms with Gasteiger partial charge >= 0.3 is 0 Å². The van der Waals surface area contributed by atoms with Crippen LogP contribution in [0.25, 0.3) is 0 Å². The first-order valence-electron chi connectivity index (χ1n) is 7.54. The Hall–Kier alpha value is -1.62. The molecule has 0 saturated carbocycles. The number of aryl methyl sites for hydroxylation is 1. The molecule has 2 rings (SSSR count). The third-order valence-electron chi connectivity index (χ3n) is 3.21. The highest BCUT2D eigenvalue weighted by atomic mass is 35.5. The highest BCUT2D eigenvalue weighted by Gasteiger charge is 2.06. The third kappa shape index (κ3) is 5.48. The average Bonchev–Trinajstić information content (AvgIpc) is 2.58. The Morgan fingerprint density at radius 2 is 1.54 bits per heavy atom. The summed E-state index contributed by atoms with van der Waals surface area (Å²) in [4.78, 5) is 0. The summed E-state index contributed by atoms with van der Waals surface area (Å²) in [6.45, 7) is 3.69. The molecule has 0 N–H and O–H groups in total. The molecular weight excluding hydrogens is 351 g/mol. The lowest BCUT2D eigenvalue weighted by Gasteiger charge is -2.12. The standard InChI is InChI=1S/C18H20Cl2O4/c1-13-6-7-15(17(12-13)21-2)23-10-8-22-9-11-24-16-5-3-4-14(19)18(16)20/h3-7,12H,8-11H2,1-2H3. The Balaban J connectivity index is 1.64. The van der Waals surface area contributed by atoms with Gasteiger partial charge in [0, 0.05) is 0 Å². The second-order valence-electron chi connectivity index (χ2n) is 5.02. The molecule has 0 spiro atoms. The maximum absolute atomic E-state index is 6.03. The van der Waals surface area contributed by atoms with Crippen molar-refractivity contribution >= 4 is 23.2 Å². The molecule has 0 aliphatic carbocycles. The summed E-state index contributed by atoms with van der Waals surface area (Å²) < 4.78 is 21.9. The molecule has 6 heteroatoms. The SMILES string of the molecule is COc1cc(C)ccc1OCCOCCOc1cccc(Cl)c1Cl. The van der Waals surface area contributed by atoms with E-state index >= 15 is 0 Å². The Morgan fingerprint density at radius 1 is 0.833 bits per heavy atom. The van der Waals surface area contributed by atoms with Crippen molar-refractivity contribution in [3.63, 3.8) is 0 Å². The second kappa shape index (κ2) is 9.62. The first-order valence-corrected chi connectivity index (χ1v) is 8.29. The highest BCUT2D eigenvalue weighted by molar-refractivity contribution is 6.42. The molecule has 0 radical (unpaired) electrons. The summed E-state index contributed by atoms with van der Waals surface area (Å²) in [6.07, 6.45) is 0. The molecule has 2 aromatic rings. The van der Waals surface area contributed by atoms with Crippen LogP contribution in [0.1, 0.15) is 5.56 Å². The van der Waals surface area contributed by atoms with Gasteiger partial charge in [-0.3, -0.25) is 0 Å². The number of rotatable bonds is 9. The van der Waals surface area contributed by atoms with E-state index in [1.54, 1.807) is 25.3 Å². The Morgan fingerprint density at radius 3 is 2.25 bits per heavy atom. The maximum Gasteiger partial charge on any atom is 0.161 e. The zero-order valence-corrected chi connectivity index (χ0v) is 15.2. The van der Waals surface area contributed by atoms with Gasteiger partial charge in [-0.2, -0.15) is 0 Å². The number of methoxy groups -OCH3 is 1. The smallest absolute Gasteiger partial charge is 0.161 e. The van der Waals surface area contributed by atoms with E-state index in [1.807, 2.05) is 25.1 Å². The molecule has 0 aromatic heterocycles. The van der Waals surface area contributed by atoms with Crippen LogP contribution in [0.3, 0.4) is 0 Å². The minimum Gasteiger partial charge on any atom is -0.493 e. The average molecular weight is 371 g/mol. The van der Waals surface area contributed by atoms with Crippen LogP contribution in [0.2, 0.25) is 10.0 Å². The lowest BCUT2D eigenvalue weighted by Crippen LogP contribution is -2.12. The van der Waals surface area contributed by atoms with Gasteiger partial charge in [-0.25, -0.2) is 0 Å². The van der Waals surface area contributed by atoms with Gasteiger partial charge in [0.25, 0.3) is 0 Å². The summed E-state index contributed by atoms with van der Waals surface area (Å²) in [7, 11) is 1.62. The van der Waals surface area contributed by atoms with Crippen LogP contribution >= 0.6 is 23.2 Å². The summed E-state index contributed by atoms with van der Waals surface area (Å²) in [5, 5.41) is 0.879. The molecule has 0 aliphatic rings. The van der Waals surface area contributed by atoms with E-state index in [1.165, 1.54) is 0 Å². The third-order valence-corrected chi connectivity index (χ3v) is 4.01. The van der Waals surface area contributed by atoms with Crippen LogP contribution in [0.5, 0.6) is 17.2 Å². The van der Waals surface area contributed by atoms with Crippen LogP contribution in [0.4, 0.5) is 0 Å². The van der Waals surface area contributed by atoms with E-state index in [0.29, 0.717) is 53.7 Å². The van der Waals surface area contributed by atoms with E-state index < -0.39 is 0 Å². The molecule has 130 valence electrons. The van der Waals surface area contributed by atoms with Crippen LogP contribution in [-0.2, 0) is 4.74 Å². The molecule has 0 aliphatic heterocycles. The minimum atomic E-state index is 0.383. The summed E-state index contributed by atoms with van der Waals surface area (Å²) in [5.74, 6) is 1.97. The second-order valence-corrected chi connectivity index (χ2v) is 5.80. The predicted octanol–water partition coefficient (Wildman–Crippen LogP) is 4.78. The minimum absolute atomic E-state index is 0.383. The molecule has 2 aromatic carbocycles. The normalized spacial score (nSPS) is 10.5. The van der Waals surface area contributed by atoms with Crippen LogP contribution in [0, 0.1) is 6.92 Å². The lowest BCUT2D eigenvalue weighted by molar-refractivity contribution is 0.0757. The zero-order valence-electron chi connectivity index (χ0n) is 13.7. The number of hydrogen-bond acceptors (Lipinski definition) is 4. The summed E-state index contributed by atoms with van der Waals surface area (Å²) >= 11 is 12.0. The van der Waals surface area contributed by atoms with Crippen molar-refractivity contribution < 1.29 is 18.9 Å². The van der Waals surface area contributed by atoms with E-state index in [2.05, 4.69) is 0 Å². The summed E-state index contributed by atoms with van der Waals surface area (Å²) in [6, 6.07) is 11.1. The van der Waals surface area contributed by atoms with E-state index in [-0.39, 0.29) is 0 Å². The van der Waals surface area contributed by atoms with Gasteiger partial charge in [0.15, 0.2) is 11.5 Å². The van der Waals surface area contributed by atoms with Crippen molar-refractivity contribution in [3.8, 4) is 17.2 Å². The lowest BCUT2D eigenvalue weighted by atomic mass is 10.2. The monoisotopic (exact) mass is 370 g/mol. The fraction of sp³-hybridized carbons (Fsp3) is 0.333. The van der Waals surface area contributed by atoms with Gasteiger partial charge in [-0.1, -0.05) is 35.3 Å². The van der Waals surface area contributed by atoms with Crippen molar-refractivity contribution in [2.45, 2.75) is 6.92 Å². The highest BCUT2D eigenvalue weighted by Crippen LogP contribution is 2.31. The van der Waals surface area contributed by atoms with Crippen molar-refractivity contribution in [2.24, 2.45) is 0 Å². The summed E-state index contributed by atoms with van der Waals surface area (Å²) in [5.41, 5.74) is 1.12. The number of ether oxygens (including phenoxy) is 4. The zero-order chi connectivity index (χ0) is 17.4. The van der Waals surface area contributed by atoms with Gasteiger partial charge in [0.1, 0.15) is 24.0 Å². The van der Waals surface area contributed by atoms with Gasteiger partial charge in [0.05, 0.1) is 25.3 Å². The Labute approximate surface area is 152 Å². The van der Waals surface area contributed by atoms with Crippen molar-refractivity contribution in [1.82, 2.24) is 0 Å². The quantitative estimate of drug-likeness (QED) is 0.595. The predicted molar refractivity (Wildman–Crippen MR) is 96.0 cm³/mol. The first kappa shape index (κ1) is 18.7. The number of hydrogen-bond donors (Lipinski definition) is 0. The first-order chi connectivity index (χ1) is 11.6. The van der Waals surface area contributed by atoms with E-state index in [4.69, 9.17) is 42.1 Å². The van der Waals surface area contributed by atoms with Crippen LogP contribution < -0.4 is 14.2 Å². The Bertz CT molecular complexity index is 661. The topological polar surface area (TPSA) is 36.9 Å². The molecule has 0 unspecified atom stereocenters. The van der Waals surface area contributed by atoms with Gasteiger partial charge in [-0.15, -0.1) is 0 Å². The van der Waals surface area contributed by atoms with Crippen molar-refractivity contribution in [2.75, 3.05) is 33.5 Å². The van der Waals surface area contributed by atoms with Crippen molar-refractivity contribution in [1.29, 1.82) is 0 Å². The van der Waals surface area contributed by atoms with E-state index in [9.17, 15) is 0 Å². The molecule has 4 nitrogen and oxygen atoms in total. The number of halogens is 2. The Kier molecular flexibility index (Phi) is 7.50. The molecule has 0 heterocycles.